The van der Waals surface area contributed by atoms with Crippen molar-refractivity contribution < 1.29 is 0 Å². The number of aromatic nitrogens is 2. The molecule has 4 heteroatoms. The molecule has 0 bridgehead atoms. The van der Waals surface area contributed by atoms with E-state index in [2.05, 4.69) is 42.5 Å². The van der Waals surface area contributed by atoms with Crippen molar-refractivity contribution in [1.82, 2.24) is 9.78 Å². The highest BCUT2D eigenvalue weighted by Gasteiger charge is 2.13. The summed E-state index contributed by atoms with van der Waals surface area (Å²) in [6.45, 7) is 2.55. The lowest BCUT2D eigenvalue weighted by Gasteiger charge is -2.04. The standard InChI is InChI=1S/C13H17N3S/c1-9-13(12(8-14)15-16(9)2)10-4-6-11(17-3)7-5-10/h4-7H,8,14H2,1-3H3. The van der Waals surface area contributed by atoms with E-state index in [0.717, 1.165) is 11.4 Å². The van der Waals surface area contributed by atoms with E-state index in [9.17, 15) is 0 Å². The Kier molecular flexibility index (Phi) is 3.54. The third kappa shape index (κ3) is 2.23. The molecule has 1 aromatic carbocycles. The largest absolute Gasteiger partial charge is 0.325 e. The van der Waals surface area contributed by atoms with Gasteiger partial charge in [-0.05, 0) is 30.9 Å². The number of hydrogen-bond donors (Lipinski definition) is 1. The van der Waals surface area contributed by atoms with Crippen molar-refractivity contribution in [3.63, 3.8) is 0 Å². The Balaban J connectivity index is 2.51. The molecule has 2 rings (SSSR count). The summed E-state index contributed by atoms with van der Waals surface area (Å²) in [6, 6.07) is 8.53. The van der Waals surface area contributed by atoms with Gasteiger partial charge in [0.1, 0.15) is 0 Å². The molecule has 0 unspecified atom stereocenters. The number of rotatable bonds is 3. The van der Waals surface area contributed by atoms with Gasteiger partial charge in [-0.2, -0.15) is 5.10 Å². The summed E-state index contributed by atoms with van der Waals surface area (Å²) in [5.74, 6) is 0. The second kappa shape index (κ2) is 4.94. The van der Waals surface area contributed by atoms with Gasteiger partial charge < -0.3 is 5.73 Å². The van der Waals surface area contributed by atoms with E-state index in [1.54, 1.807) is 11.8 Å². The van der Waals surface area contributed by atoms with Crippen molar-refractivity contribution in [2.24, 2.45) is 12.8 Å². The monoisotopic (exact) mass is 247 g/mol. The summed E-state index contributed by atoms with van der Waals surface area (Å²) < 4.78 is 1.89. The lowest BCUT2D eigenvalue weighted by Crippen LogP contribution is -1.99. The Morgan fingerprint density at radius 2 is 1.94 bits per heavy atom. The second-order valence-corrected chi connectivity index (χ2v) is 4.84. The molecule has 1 aromatic heterocycles. The van der Waals surface area contributed by atoms with E-state index >= 15 is 0 Å². The number of nitrogens with two attached hydrogens (primary N) is 1. The first-order valence-corrected chi connectivity index (χ1v) is 6.76. The zero-order valence-corrected chi connectivity index (χ0v) is 11.2. The fourth-order valence-corrected chi connectivity index (χ4v) is 2.36. The Hall–Kier alpha value is -1.26. The van der Waals surface area contributed by atoms with E-state index in [1.165, 1.54) is 16.0 Å². The van der Waals surface area contributed by atoms with Crippen LogP contribution in [0.5, 0.6) is 0 Å². The van der Waals surface area contributed by atoms with Crippen LogP contribution in [0.2, 0.25) is 0 Å². The minimum absolute atomic E-state index is 0.474. The molecule has 1 heterocycles. The third-order valence-electron chi connectivity index (χ3n) is 2.98. The smallest absolute Gasteiger partial charge is 0.0841 e. The summed E-state index contributed by atoms with van der Waals surface area (Å²) in [6.07, 6.45) is 2.08. The number of thioether (sulfide) groups is 1. The van der Waals surface area contributed by atoms with Gasteiger partial charge in [-0.25, -0.2) is 0 Å². The van der Waals surface area contributed by atoms with E-state index < -0.39 is 0 Å². The van der Waals surface area contributed by atoms with Crippen LogP contribution in [0.15, 0.2) is 29.2 Å². The lowest BCUT2D eigenvalue weighted by atomic mass is 10.0. The van der Waals surface area contributed by atoms with Crippen LogP contribution in [0.25, 0.3) is 11.1 Å². The van der Waals surface area contributed by atoms with E-state index in [1.807, 2.05) is 11.7 Å². The first-order valence-electron chi connectivity index (χ1n) is 5.54. The zero-order chi connectivity index (χ0) is 12.4. The molecule has 0 aliphatic carbocycles. The molecule has 0 radical (unpaired) electrons. The highest BCUT2D eigenvalue weighted by Crippen LogP contribution is 2.28. The molecule has 0 aliphatic heterocycles. The quantitative estimate of drug-likeness (QED) is 0.848. The molecule has 0 amide bonds. The van der Waals surface area contributed by atoms with E-state index in [-0.39, 0.29) is 0 Å². The summed E-state index contributed by atoms with van der Waals surface area (Å²) in [5.41, 5.74) is 10.2. The van der Waals surface area contributed by atoms with Crippen molar-refractivity contribution in [3.05, 3.63) is 35.7 Å². The Morgan fingerprint density at radius 3 is 2.47 bits per heavy atom. The predicted molar refractivity (Wildman–Crippen MR) is 73.1 cm³/mol. The Morgan fingerprint density at radius 1 is 1.29 bits per heavy atom. The van der Waals surface area contributed by atoms with Gasteiger partial charge in [-0.1, -0.05) is 12.1 Å². The van der Waals surface area contributed by atoms with Crippen LogP contribution in [-0.4, -0.2) is 16.0 Å². The SMILES string of the molecule is CSc1ccc(-c2c(CN)nn(C)c2C)cc1. The van der Waals surface area contributed by atoms with Gasteiger partial charge in [0.25, 0.3) is 0 Å². The minimum Gasteiger partial charge on any atom is -0.325 e. The number of aryl methyl sites for hydroxylation is 1. The molecule has 2 aromatic rings. The predicted octanol–water partition coefficient (Wildman–Crippen LogP) is 2.58. The second-order valence-electron chi connectivity index (χ2n) is 3.96. The average Bonchev–Trinajstić information content (AvgIpc) is 2.65. The van der Waals surface area contributed by atoms with Crippen molar-refractivity contribution >= 4 is 11.8 Å². The molecule has 17 heavy (non-hydrogen) atoms. The number of nitrogens with zero attached hydrogens (tertiary/aromatic N) is 2. The van der Waals surface area contributed by atoms with Crippen LogP contribution in [0.1, 0.15) is 11.4 Å². The highest BCUT2D eigenvalue weighted by atomic mass is 32.2. The van der Waals surface area contributed by atoms with Gasteiger partial charge in [-0.3, -0.25) is 4.68 Å². The van der Waals surface area contributed by atoms with Crippen LogP contribution in [0.3, 0.4) is 0 Å². The van der Waals surface area contributed by atoms with Gasteiger partial charge >= 0.3 is 0 Å². The molecular formula is C13H17N3S. The molecule has 0 fully saturated rings. The molecule has 0 atom stereocenters. The van der Waals surface area contributed by atoms with Crippen LogP contribution in [0, 0.1) is 6.92 Å². The molecule has 0 saturated carbocycles. The van der Waals surface area contributed by atoms with Crippen LogP contribution >= 0.6 is 11.8 Å². The molecule has 0 saturated heterocycles. The maximum atomic E-state index is 5.75. The summed E-state index contributed by atoms with van der Waals surface area (Å²) >= 11 is 1.75. The van der Waals surface area contributed by atoms with Crippen LogP contribution < -0.4 is 5.73 Å². The molecule has 2 N–H and O–H groups in total. The lowest BCUT2D eigenvalue weighted by molar-refractivity contribution is 0.721. The van der Waals surface area contributed by atoms with Crippen LogP contribution in [-0.2, 0) is 13.6 Å². The molecular weight excluding hydrogens is 230 g/mol. The normalized spacial score (nSPS) is 10.8. The van der Waals surface area contributed by atoms with E-state index in [0.29, 0.717) is 6.54 Å². The number of hydrogen-bond acceptors (Lipinski definition) is 3. The molecule has 90 valence electrons. The zero-order valence-electron chi connectivity index (χ0n) is 10.4. The summed E-state index contributed by atoms with van der Waals surface area (Å²) in [7, 11) is 1.95. The Bertz CT molecular complexity index is 514. The first kappa shape index (κ1) is 12.2. The van der Waals surface area contributed by atoms with Crippen molar-refractivity contribution in [2.45, 2.75) is 18.4 Å². The highest BCUT2D eigenvalue weighted by molar-refractivity contribution is 7.98. The topological polar surface area (TPSA) is 43.8 Å². The van der Waals surface area contributed by atoms with Gasteiger partial charge in [0, 0.05) is 29.7 Å². The molecule has 0 spiro atoms. The first-order chi connectivity index (χ1) is 8.17. The van der Waals surface area contributed by atoms with Crippen molar-refractivity contribution in [2.75, 3.05) is 6.26 Å². The number of benzene rings is 1. The van der Waals surface area contributed by atoms with Gasteiger partial charge in [0.15, 0.2) is 0 Å². The Labute approximate surface area is 106 Å². The fourth-order valence-electron chi connectivity index (χ4n) is 1.95. The van der Waals surface area contributed by atoms with Gasteiger partial charge in [-0.15, -0.1) is 11.8 Å². The van der Waals surface area contributed by atoms with Crippen LogP contribution in [0.4, 0.5) is 0 Å². The fraction of sp³-hybridized carbons (Fsp3) is 0.308. The van der Waals surface area contributed by atoms with Gasteiger partial charge in [0.2, 0.25) is 0 Å². The van der Waals surface area contributed by atoms with E-state index in [4.69, 9.17) is 5.73 Å². The molecule has 3 nitrogen and oxygen atoms in total. The third-order valence-corrected chi connectivity index (χ3v) is 3.72. The average molecular weight is 247 g/mol. The maximum Gasteiger partial charge on any atom is 0.0841 e. The van der Waals surface area contributed by atoms with Gasteiger partial charge in [0.05, 0.1) is 5.69 Å². The maximum absolute atomic E-state index is 5.75. The minimum atomic E-state index is 0.474. The van der Waals surface area contributed by atoms with Crippen molar-refractivity contribution in [3.8, 4) is 11.1 Å². The summed E-state index contributed by atoms with van der Waals surface area (Å²) in [4.78, 5) is 1.27. The molecule has 0 aliphatic rings. The van der Waals surface area contributed by atoms with Crippen molar-refractivity contribution in [1.29, 1.82) is 0 Å². The summed E-state index contributed by atoms with van der Waals surface area (Å²) in [5, 5.41) is 4.43.